The van der Waals surface area contributed by atoms with Gasteiger partial charge in [0.1, 0.15) is 11.8 Å². The van der Waals surface area contributed by atoms with E-state index in [0.717, 1.165) is 18.2 Å². The third-order valence-corrected chi connectivity index (χ3v) is 3.72. The molecule has 1 aromatic heterocycles. The van der Waals surface area contributed by atoms with Crippen molar-refractivity contribution in [1.29, 1.82) is 5.26 Å². The number of hydrogen-bond donors (Lipinski definition) is 1. The third kappa shape index (κ3) is 4.85. The summed E-state index contributed by atoms with van der Waals surface area (Å²) in [6.07, 6.45) is -5.18. The van der Waals surface area contributed by atoms with E-state index in [1.165, 1.54) is 12.1 Å². The van der Waals surface area contributed by atoms with Gasteiger partial charge < -0.3 is 9.84 Å². The molecule has 0 atom stereocenters. The van der Waals surface area contributed by atoms with Crippen LogP contribution in [0.15, 0.2) is 30.3 Å². The highest BCUT2D eigenvalue weighted by Crippen LogP contribution is 2.33. The number of Topliss-reactive ketones (excluding diaryl/α,β-unsaturated/α-hetero) is 1. The van der Waals surface area contributed by atoms with Gasteiger partial charge in [-0.25, -0.2) is 4.98 Å². The van der Waals surface area contributed by atoms with Crippen molar-refractivity contribution in [3.8, 4) is 23.1 Å². The van der Waals surface area contributed by atoms with E-state index in [4.69, 9.17) is 10.00 Å². The van der Waals surface area contributed by atoms with Crippen LogP contribution < -0.4 is 0 Å². The number of aromatic hydroxyl groups is 1. The molecular formula is C19H15F3N2O4. The number of aromatic nitrogens is 1. The van der Waals surface area contributed by atoms with Crippen LogP contribution in [0.25, 0.3) is 11.3 Å². The van der Waals surface area contributed by atoms with Crippen molar-refractivity contribution < 1.29 is 32.6 Å². The average molecular weight is 392 g/mol. The summed E-state index contributed by atoms with van der Waals surface area (Å²) < 4.78 is 43.5. The minimum Gasteiger partial charge on any atom is -0.504 e. The molecule has 0 unspecified atom stereocenters. The number of carbonyl (C=O) groups is 2. The quantitative estimate of drug-likeness (QED) is 0.592. The van der Waals surface area contributed by atoms with E-state index < -0.39 is 34.9 Å². The van der Waals surface area contributed by atoms with Gasteiger partial charge in [-0.05, 0) is 25.1 Å². The second-order valence-corrected chi connectivity index (χ2v) is 5.67. The highest BCUT2D eigenvalue weighted by Gasteiger charge is 2.30. The third-order valence-electron chi connectivity index (χ3n) is 3.72. The highest BCUT2D eigenvalue weighted by molar-refractivity contribution is 5.99. The maximum atomic E-state index is 12.9. The molecule has 146 valence electrons. The molecular weight excluding hydrogens is 377 g/mol. The number of nitriles is 1. The van der Waals surface area contributed by atoms with Crippen molar-refractivity contribution >= 4 is 11.8 Å². The molecule has 1 N–H and O–H groups in total. The standard InChI is InChI=1S/C19H15F3N2O4/c1-2-28-16(26)7-6-15(25)17-18(27)12(10-23)9-14(24-17)11-4-3-5-13(8-11)19(20,21)22/h3-5,8-9,27H,2,6-7H2,1H3. The Morgan fingerprint density at radius 2 is 1.96 bits per heavy atom. The van der Waals surface area contributed by atoms with Crippen LogP contribution in [0.5, 0.6) is 5.75 Å². The number of ether oxygens (including phenoxy) is 1. The van der Waals surface area contributed by atoms with Gasteiger partial charge in [0, 0.05) is 12.0 Å². The predicted octanol–water partition coefficient (Wildman–Crippen LogP) is 3.87. The van der Waals surface area contributed by atoms with Gasteiger partial charge in [-0.3, -0.25) is 9.59 Å². The van der Waals surface area contributed by atoms with E-state index >= 15 is 0 Å². The maximum Gasteiger partial charge on any atom is 0.416 e. The fourth-order valence-electron chi connectivity index (χ4n) is 2.39. The molecule has 9 heteroatoms. The van der Waals surface area contributed by atoms with Crippen LogP contribution in [-0.2, 0) is 15.7 Å². The van der Waals surface area contributed by atoms with E-state index in [2.05, 4.69) is 4.98 Å². The van der Waals surface area contributed by atoms with Crippen LogP contribution in [0, 0.1) is 11.3 Å². The fraction of sp³-hybridized carbons (Fsp3) is 0.263. The summed E-state index contributed by atoms with van der Waals surface area (Å²) in [5.41, 5.74) is -1.79. The van der Waals surface area contributed by atoms with Crippen LogP contribution in [0.1, 0.15) is 41.4 Å². The van der Waals surface area contributed by atoms with Crippen molar-refractivity contribution in [1.82, 2.24) is 4.98 Å². The minimum absolute atomic E-state index is 0.0192. The second-order valence-electron chi connectivity index (χ2n) is 5.67. The number of carbonyl (C=O) groups excluding carboxylic acids is 2. The monoisotopic (exact) mass is 392 g/mol. The second kappa shape index (κ2) is 8.52. The van der Waals surface area contributed by atoms with Crippen molar-refractivity contribution in [3.05, 3.63) is 47.2 Å². The summed E-state index contributed by atoms with van der Waals surface area (Å²) in [6, 6.07) is 6.97. The Hall–Kier alpha value is -3.41. The molecule has 2 aromatic rings. The van der Waals surface area contributed by atoms with E-state index in [0.29, 0.717) is 0 Å². The van der Waals surface area contributed by atoms with Gasteiger partial charge in [0.15, 0.2) is 11.5 Å². The van der Waals surface area contributed by atoms with Gasteiger partial charge in [0.25, 0.3) is 0 Å². The van der Waals surface area contributed by atoms with Crippen LogP contribution in [0.2, 0.25) is 0 Å². The molecule has 1 aromatic carbocycles. The molecule has 0 aliphatic heterocycles. The van der Waals surface area contributed by atoms with Crippen LogP contribution in [-0.4, -0.2) is 28.4 Å². The number of halogens is 3. The molecule has 6 nitrogen and oxygen atoms in total. The Morgan fingerprint density at radius 3 is 2.57 bits per heavy atom. The zero-order chi connectivity index (χ0) is 20.9. The Labute approximate surface area is 158 Å². The zero-order valence-corrected chi connectivity index (χ0v) is 14.7. The Bertz CT molecular complexity index is 949. The molecule has 0 aliphatic rings. The molecule has 1 heterocycles. The van der Waals surface area contributed by atoms with Crippen molar-refractivity contribution in [3.63, 3.8) is 0 Å². The van der Waals surface area contributed by atoms with Gasteiger partial charge in [0.05, 0.1) is 29.8 Å². The van der Waals surface area contributed by atoms with E-state index in [9.17, 15) is 27.9 Å². The molecule has 0 aliphatic carbocycles. The largest absolute Gasteiger partial charge is 0.504 e. The molecule has 0 saturated carbocycles. The van der Waals surface area contributed by atoms with Gasteiger partial charge >= 0.3 is 12.1 Å². The van der Waals surface area contributed by atoms with Crippen LogP contribution in [0.3, 0.4) is 0 Å². The van der Waals surface area contributed by atoms with Crippen molar-refractivity contribution in [2.24, 2.45) is 0 Å². The summed E-state index contributed by atoms with van der Waals surface area (Å²) in [6.45, 7) is 1.74. The molecule has 2 rings (SSSR count). The normalized spacial score (nSPS) is 11.0. The molecule has 0 fully saturated rings. The van der Waals surface area contributed by atoms with Gasteiger partial charge in [-0.2, -0.15) is 18.4 Å². The first-order valence-corrected chi connectivity index (χ1v) is 8.18. The topological polar surface area (TPSA) is 100 Å². The SMILES string of the molecule is CCOC(=O)CCC(=O)c1nc(-c2cccc(C(F)(F)F)c2)cc(C#N)c1O. The van der Waals surface area contributed by atoms with Crippen molar-refractivity contribution in [2.45, 2.75) is 25.9 Å². The van der Waals surface area contributed by atoms with Crippen LogP contribution in [0.4, 0.5) is 13.2 Å². The molecule has 0 spiro atoms. The number of ketones is 1. The van der Waals surface area contributed by atoms with E-state index in [-0.39, 0.29) is 36.3 Å². The minimum atomic E-state index is -4.58. The smallest absolute Gasteiger partial charge is 0.416 e. The molecule has 0 saturated heterocycles. The lowest BCUT2D eigenvalue weighted by atomic mass is 10.0. The fourth-order valence-corrected chi connectivity index (χ4v) is 2.39. The van der Waals surface area contributed by atoms with Crippen LogP contribution >= 0.6 is 0 Å². The lowest BCUT2D eigenvalue weighted by Gasteiger charge is -2.11. The first kappa shape index (κ1) is 20.9. The number of nitrogens with zero attached hydrogens (tertiary/aromatic N) is 2. The average Bonchev–Trinajstić information content (AvgIpc) is 2.66. The number of alkyl halides is 3. The number of rotatable bonds is 6. The van der Waals surface area contributed by atoms with Crippen molar-refractivity contribution in [2.75, 3.05) is 6.61 Å². The van der Waals surface area contributed by atoms with Gasteiger partial charge in [-0.15, -0.1) is 0 Å². The zero-order valence-electron chi connectivity index (χ0n) is 14.7. The lowest BCUT2D eigenvalue weighted by molar-refractivity contribution is -0.143. The lowest BCUT2D eigenvalue weighted by Crippen LogP contribution is -2.10. The summed E-state index contributed by atoms with van der Waals surface area (Å²) in [7, 11) is 0. The van der Waals surface area contributed by atoms with E-state index in [1.54, 1.807) is 13.0 Å². The number of pyridine rings is 1. The number of hydrogen-bond acceptors (Lipinski definition) is 6. The highest BCUT2D eigenvalue weighted by atomic mass is 19.4. The number of esters is 1. The first-order chi connectivity index (χ1) is 13.2. The van der Waals surface area contributed by atoms with Gasteiger partial charge in [-0.1, -0.05) is 12.1 Å². The Morgan fingerprint density at radius 1 is 1.25 bits per heavy atom. The summed E-state index contributed by atoms with van der Waals surface area (Å²) in [5.74, 6) is -2.05. The molecule has 28 heavy (non-hydrogen) atoms. The predicted molar refractivity (Wildman–Crippen MR) is 91.3 cm³/mol. The maximum absolute atomic E-state index is 12.9. The summed E-state index contributed by atoms with van der Waals surface area (Å²) in [4.78, 5) is 27.7. The molecule has 0 radical (unpaired) electrons. The summed E-state index contributed by atoms with van der Waals surface area (Å²) >= 11 is 0. The molecule has 0 bridgehead atoms. The first-order valence-electron chi connectivity index (χ1n) is 8.18. The Kier molecular flexibility index (Phi) is 6.36. The van der Waals surface area contributed by atoms with E-state index in [1.807, 2.05) is 0 Å². The van der Waals surface area contributed by atoms with Gasteiger partial charge in [0.2, 0.25) is 0 Å². The number of benzene rings is 1. The summed E-state index contributed by atoms with van der Waals surface area (Å²) in [5, 5.41) is 19.2. The Balaban J connectivity index is 2.43. The molecule has 0 amide bonds.